The zero-order valence-corrected chi connectivity index (χ0v) is 14.7. The van der Waals surface area contributed by atoms with E-state index in [1.807, 2.05) is 0 Å². The van der Waals surface area contributed by atoms with E-state index < -0.39 is 0 Å². The largest absolute Gasteiger partial charge is 0.427 e. The predicted molar refractivity (Wildman–Crippen MR) is 78.9 cm³/mol. The molecule has 0 spiro atoms. The molecule has 1 fully saturated rings. The van der Waals surface area contributed by atoms with Crippen LogP contribution in [0.3, 0.4) is 0 Å². The fraction of sp³-hybridized carbons (Fsp3) is 0.933. The summed E-state index contributed by atoms with van der Waals surface area (Å²) in [6, 6.07) is 0. The first-order chi connectivity index (χ1) is 7.80. The van der Waals surface area contributed by atoms with Crippen LogP contribution in [0.5, 0.6) is 0 Å². The van der Waals surface area contributed by atoms with Crippen LogP contribution in [0.15, 0.2) is 0 Å². The summed E-state index contributed by atoms with van der Waals surface area (Å²) in [6.07, 6.45) is 6.82. The molecule has 17 heavy (non-hydrogen) atoms. The highest BCUT2D eigenvalue weighted by Crippen LogP contribution is 2.51. The second-order valence-corrected chi connectivity index (χ2v) is 7.85. The van der Waals surface area contributed by atoms with E-state index in [2.05, 4.69) is 34.6 Å². The molecule has 1 atom stereocenters. The van der Waals surface area contributed by atoms with Crippen LogP contribution in [0.2, 0.25) is 0 Å². The number of hydrogen-bond donors (Lipinski definition) is 0. The minimum atomic E-state index is 0.336. The van der Waals surface area contributed by atoms with Gasteiger partial charge in [-0.1, -0.05) is 53.9 Å². The van der Waals surface area contributed by atoms with E-state index in [1.165, 1.54) is 32.1 Å². The Bertz CT molecular complexity index is 230. The summed E-state index contributed by atoms with van der Waals surface area (Å²) in [6.45, 7) is 13.0. The summed E-state index contributed by atoms with van der Waals surface area (Å²) in [5.41, 5.74) is 0.736. The van der Waals surface area contributed by atoms with Gasteiger partial charge in [-0.2, -0.15) is 0 Å². The van der Waals surface area contributed by atoms with Gasteiger partial charge in [0.25, 0.3) is 0 Å². The lowest BCUT2D eigenvalue weighted by atomic mass is 9.57. The van der Waals surface area contributed by atoms with Crippen molar-refractivity contribution in [2.75, 3.05) is 6.61 Å². The quantitative estimate of drug-likeness (QED) is 0.686. The van der Waals surface area contributed by atoms with Gasteiger partial charge in [0, 0.05) is 12.5 Å². The molecule has 0 amide bonds. The molecular formula is C15H31OSi. The second kappa shape index (κ2) is 5.88. The average molecular weight is 255 g/mol. The molecule has 1 unspecified atom stereocenters. The Balaban J connectivity index is 2.91. The van der Waals surface area contributed by atoms with E-state index in [4.69, 9.17) is 4.43 Å². The molecule has 0 bridgehead atoms. The van der Waals surface area contributed by atoms with Crippen molar-refractivity contribution in [2.24, 2.45) is 16.7 Å². The summed E-state index contributed by atoms with van der Waals surface area (Å²) in [4.78, 5) is 0. The Hall–Kier alpha value is 0.177. The first kappa shape index (κ1) is 15.2. The van der Waals surface area contributed by atoms with Gasteiger partial charge in [-0.15, -0.1) is 0 Å². The topological polar surface area (TPSA) is 9.23 Å². The fourth-order valence-corrected chi connectivity index (χ4v) is 4.09. The fourth-order valence-electron chi connectivity index (χ4n) is 3.74. The zero-order valence-electron chi connectivity index (χ0n) is 12.7. The van der Waals surface area contributed by atoms with Gasteiger partial charge >= 0.3 is 0 Å². The predicted octanol–water partition coefficient (Wildman–Crippen LogP) is 3.51. The van der Waals surface area contributed by atoms with Gasteiger partial charge in [0.2, 0.25) is 0 Å². The van der Waals surface area contributed by atoms with Gasteiger partial charge in [-0.25, -0.2) is 0 Å². The standard InChI is InChI=1S/C15H31OSi/c1-14(2,3)13-10-8-6-7-9-12(11-16-17)15(13,4)5/h13H,6-11H2,1-5,17H3. The molecule has 1 aliphatic rings. The maximum atomic E-state index is 5.58. The Morgan fingerprint density at radius 3 is 2.41 bits per heavy atom. The Labute approximate surface area is 111 Å². The lowest BCUT2D eigenvalue weighted by molar-refractivity contribution is 0.0629. The maximum Gasteiger partial charge on any atom is 0.145 e. The van der Waals surface area contributed by atoms with Crippen LogP contribution in [0.25, 0.3) is 0 Å². The molecule has 2 heteroatoms. The summed E-state index contributed by atoms with van der Waals surface area (Å²) in [7, 11) is 0.862. The van der Waals surface area contributed by atoms with Crippen LogP contribution in [0.1, 0.15) is 66.7 Å². The van der Waals surface area contributed by atoms with Crippen LogP contribution in [-0.4, -0.2) is 17.1 Å². The van der Waals surface area contributed by atoms with Crippen molar-refractivity contribution in [3.05, 3.63) is 5.92 Å². The number of rotatable bonds is 2. The minimum absolute atomic E-state index is 0.336. The van der Waals surface area contributed by atoms with Gasteiger partial charge in [-0.05, 0) is 29.6 Å². The van der Waals surface area contributed by atoms with Crippen molar-refractivity contribution in [1.29, 1.82) is 0 Å². The Morgan fingerprint density at radius 2 is 1.88 bits per heavy atom. The van der Waals surface area contributed by atoms with Gasteiger partial charge in [0.05, 0.1) is 0 Å². The van der Waals surface area contributed by atoms with Crippen molar-refractivity contribution in [3.63, 3.8) is 0 Å². The molecule has 0 heterocycles. The summed E-state index contributed by atoms with van der Waals surface area (Å²) in [5, 5.41) is 0. The molecule has 0 aliphatic heterocycles. The van der Waals surface area contributed by atoms with Crippen LogP contribution in [0, 0.1) is 22.7 Å². The average Bonchev–Trinajstić information content (AvgIpc) is 2.16. The summed E-state index contributed by atoms with van der Waals surface area (Å²) in [5.74, 6) is 2.44. The van der Waals surface area contributed by atoms with Gasteiger partial charge in [0.1, 0.15) is 10.5 Å². The highest BCUT2D eigenvalue weighted by Gasteiger charge is 2.43. The molecule has 0 N–H and O–H groups in total. The van der Waals surface area contributed by atoms with Crippen molar-refractivity contribution < 1.29 is 4.43 Å². The maximum absolute atomic E-state index is 5.58. The normalized spacial score (nSPS) is 27.7. The molecule has 0 aromatic rings. The van der Waals surface area contributed by atoms with Gasteiger partial charge in [0.15, 0.2) is 0 Å². The summed E-state index contributed by atoms with van der Waals surface area (Å²) < 4.78 is 5.58. The second-order valence-electron chi connectivity index (χ2n) is 7.28. The van der Waals surface area contributed by atoms with Crippen LogP contribution in [-0.2, 0) is 4.43 Å². The van der Waals surface area contributed by atoms with Gasteiger partial charge in [-0.3, -0.25) is 0 Å². The molecule has 0 saturated heterocycles. The lowest BCUT2D eigenvalue weighted by Gasteiger charge is -2.48. The first-order valence-electron chi connectivity index (χ1n) is 7.14. The van der Waals surface area contributed by atoms with E-state index in [-0.39, 0.29) is 0 Å². The Kier molecular flexibility index (Phi) is 5.27. The van der Waals surface area contributed by atoms with Crippen molar-refractivity contribution in [2.45, 2.75) is 66.7 Å². The smallest absolute Gasteiger partial charge is 0.145 e. The first-order valence-corrected chi connectivity index (χ1v) is 7.96. The van der Waals surface area contributed by atoms with Crippen LogP contribution < -0.4 is 0 Å². The highest BCUT2D eigenvalue weighted by atomic mass is 28.2. The van der Waals surface area contributed by atoms with E-state index >= 15 is 0 Å². The molecule has 1 rings (SSSR count). The monoisotopic (exact) mass is 255 g/mol. The molecular weight excluding hydrogens is 224 g/mol. The molecule has 1 nitrogen and oxygen atoms in total. The van der Waals surface area contributed by atoms with Gasteiger partial charge < -0.3 is 4.43 Å². The molecule has 0 aromatic carbocycles. The lowest BCUT2D eigenvalue weighted by Crippen LogP contribution is -2.41. The SMILES string of the molecule is CC(C)(C)C1CCCCC[C](CO[SiH3])C1(C)C. The molecule has 1 radical (unpaired) electrons. The van der Waals surface area contributed by atoms with E-state index in [0.29, 0.717) is 10.8 Å². The third kappa shape index (κ3) is 3.82. The van der Waals surface area contributed by atoms with Crippen molar-refractivity contribution in [3.8, 4) is 0 Å². The number of hydrogen-bond acceptors (Lipinski definition) is 1. The minimum Gasteiger partial charge on any atom is -0.427 e. The molecule has 101 valence electrons. The zero-order chi connectivity index (χ0) is 13.1. The van der Waals surface area contributed by atoms with Crippen molar-refractivity contribution in [1.82, 2.24) is 0 Å². The highest BCUT2D eigenvalue weighted by molar-refractivity contribution is 5.98. The summed E-state index contributed by atoms with van der Waals surface area (Å²) >= 11 is 0. The van der Waals surface area contributed by atoms with Crippen LogP contribution in [0.4, 0.5) is 0 Å². The van der Waals surface area contributed by atoms with Crippen molar-refractivity contribution >= 4 is 10.5 Å². The van der Waals surface area contributed by atoms with E-state index in [0.717, 1.165) is 23.0 Å². The van der Waals surface area contributed by atoms with Crippen LogP contribution >= 0.6 is 0 Å². The van der Waals surface area contributed by atoms with E-state index in [9.17, 15) is 0 Å². The Morgan fingerprint density at radius 1 is 1.24 bits per heavy atom. The van der Waals surface area contributed by atoms with E-state index in [1.54, 1.807) is 5.92 Å². The third-order valence-electron chi connectivity index (χ3n) is 4.62. The third-order valence-corrected chi connectivity index (χ3v) is 4.91. The molecule has 1 saturated carbocycles. The molecule has 1 aliphatic carbocycles. The molecule has 0 aromatic heterocycles.